The number of benzene rings is 1. The van der Waals surface area contributed by atoms with E-state index in [0.717, 1.165) is 46.9 Å². The fraction of sp³-hybridized carbons (Fsp3) is 0.400. The number of aryl methyl sites for hydroxylation is 1. The molecule has 4 nitrogen and oxygen atoms in total. The van der Waals surface area contributed by atoms with Crippen molar-refractivity contribution >= 4 is 43.8 Å². The number of carbonyl (C=O) groups excluding carboxylic acids is 1. The van der Waals surface area contributed by atoms with Crippen molar-refractivity contribution in [2.45, 2.75) is 33.2 Å². The van der Waals surface area contributed by atoms with Gasteiger partial charge < -0.3 is 0 Å². The quantitative estimate of drug-likeness (QED) is 0.644. The summed E-state index contributed by atoms with van der Waals surface area (Å²) in [4.78, 5) is 20.3. The number of halogens is 1. The number of aromatic nitrogens is 1. The first kappa shape index (κ1) is 18.5. The Balaban J connectivity index is 1.44. The third-order valence-corrected chi connectivity index (χ3v) is 7.22. The molecule has 1 aliphatic rings. The number of rotatable bonds is 4. The second kappa shape index (κ2) is 7.66. The van der Waals surface area contributed by atoms with Gasteiger partial charge in [0.05, 0.1) is 10.6 Å². The van der Waals surface area contributed by atoms with Crippen LogP contribution in [0, 0.1) is 18.7 Å². The van der Waals surface area contributed by atoms with E-state index in [1.54, 1.807) is 6.07 Å². The zero-order chi connectivity index (χ0) is 19.0. The van der Waals surface area contributed by atoms with Crippen molar-refractivity contribution in [1.82, 2.24) is 9.88 Å². The minimum Gasteiger partial charge on any atom is -0.297 e. The van der Waals surface area contributed by atoms with Crippen molar-refractivity contribution in [1.29, 1.82) is 0 Å². The summed E-state index contributed by atoms with van der Waals surface area (Å²) >= 11 is 2.84. The summed E-state index contributed by atoms with van der Waals surface area (Å²) in [5.74, 6) is 0.346. The van der Waals surface area contributed by atoms with Crippen molar-refractivity contribution in [2.75, 3.05) is 18.4 Å². The van der Waals surface area contributed by atoms with Crippen LogP contribution in [0.2, 0.25) is 0 Å². The van der Waals surface area contributed by atoms with Gasteiger partial charge in [-0.3, -0.25) is 15.0 Å². The largest absolute Gasteiger partial charge is 0.297 e. The molecule has 0 radical (unpaired) electrons. The number of anilines is 1. The number of likely N-dealkylation sites (tertiary alicyclic amines) is 1. The van der Waals surface area contributed by atoms with Crippen molar-refractivity contribution in [2.24, 2.45) is 5.92 Å². The average molecular weight is 404 g/mol. The van der Waals surface area contributed by atoms with E-state index in [4.69, 9.17) is 0 Å². The highest BCUT2D eigenvalue weighted by Crippen LogP contribution is 2.32. The number of thiophene rings is 1. The van der Waals surface area contributed by atoms with Gasteiger partial charge in [0.15, 0.2) is 5.13 Å². The van der Waals surface area contributed by atoms with Crippen LogP contribution in [0.25, 0.3) is 10.1 Å². The molecule has 1 saturated heterocycles. The molecule has 0 saturated carbocycles. The molecule has 1 fully saturated rings. The fourth-order valence-electron chi connectivity index (χ4n) is 3.45. The normalized spacial score (nSPS) is 16.1. The summed E-state index contributed by atoms with van der Waals surface area (Å²) in [7, 11) is 0. The van der Waals surface area contributed by atoms with Crippen molar-refractivity contribution < 1.29 is 9.18 Å². The molecular formula is C20H22FN3OS2. The van der Waals surface area contributed by atoms with Crippen LogP contribution in [0.5, 0.6) is 0 Å². The number of piperidine rings is 1. The highest BCUT2D eigenvalue weighted by molar-refractivity contribution is 7.21. The highest BCUT2D eigenvalue weighted by atomic mass is 32.1. The number of hydrogen-bond acceptors (Lipinski definition) is 5. The summed E-state index contributed by atoms with van der Waals surface area (Å²) in [6.45, 7) is 7.21. The van der Waals surface area contributed by atoms with Gasteiger partial charge in [-0.15, -0.1) is 22.7 Å². The molecule has 4 rings (SSSR count). The minimum atomic E-state index is -0.285. The van der Waals surface area contributed by atoms with Gasteiger partial charge in [-0.1, -0.05) is 6.92 Å². The molecule has 3 heterocycles. The number of thiazole rings is 1. The molecule has 7 heteroatoms. The average Bonchev–Trinajstić information content (AvgIpc) is 3.21. The summed E-state index contributed by atoms with van der Waals surface area (Å²) in [6, 6.07) is 4.63. The van der Waals surface area contributed by atoms with Crippen LogP contribution in [-0.2, 0) is 6.54 Å². The molecule has 1 N–H and O–H groups in total. The third kappa shape index (κ3) is 4.05. The van der Waals surface area contributed by atoms with E-state index >= 15 is 0 Å². The highest BCUT2D eigenvalue weighted by Gasteiger charge is 2.19. The first-order chi connectivity index (χ1) is 13.0. The van der Waals surface area contributed by atoms with Crippen molar-refractivity contribution in [3.8, 4) is 0 Å². The predicted octanol–water partition coefficient (Wildman–Crippen LogP) is 5.29. The van der Waals surface area contributed by atoms with Gasteiger partial charge in [0.2, 0.25) is 0 Å². The van der Waals surface area contributed by atoms with E-state index in [9.17, 15) is 9.18 Å². The van der Waals surface area contributed by atoms with Crippen LogP contribution in [0.1, 0.15) is 40.7 Å². The zero-order valence-electron chi connectivity index (χ0n) is 15.4. The van der Waals surface area contributed by atoms with Crippen LogP contribution in [0.4, 0.5) is 9.52 Å². The van der Waals surface area contributed by atoms with E-state index in [1.807, 2.05) is 12.3 Å². The molecule has 0 aliphatic carbocycles. The summed E-state index contributed by atoms with van der Waals surface area (Å²) in [5, 5.41) is 6.33. The van der Waals surface area contributed by atoms with Gasteiger partial charge in [0, 0.05) is 16.6 Å². The van der Waals surface area contributed by atoms with Crippen LogP contribution >= 0.6 is 22.7 Å². The van der Waals surface area contributed by atoms with E-state index in [-0.39, 0.29) is 11.7 Å². The standard InChI is InChI=1S/C20H22FN3OS2/c1-12-5-7-24(8-6-12)10-15-11-26-20(22-15)23-19(25)18-13(2)16-9-14(21)3-4-17(16)27-18/h3-4,9,11-12H,5-8,10H2,1-2H3,(H,22,23,25). The Bertz CT molecular complexity index is 973. The van der Waals surface area contributed by atoms with Crippen molar-refractivity contribution in [3.05, 3.63) is 45.5 Å². The Hall–Kier alpha value is -1.83. The van der Waals surface area contributed by atoms with E-state index in [0.29, 0.717) is 10.0 Å². The first-order valence-electron chi connectivity index (χ1n) is 9.16. The van der Waals surface area contributed by atoms with E-state index in [2.05, 4.69) is 22.1 Å². The molecule has 27 heavy (non-hydrogen) atoms. The van der Waals surface area contributed by atoms with E-state index < -0.39 is 0 Å². The van der Waals surface area contributed by atoms with Crippen LogP contribution in [-0.4, -0.2) is 28.9 Å². The number of nitrogens with zero attached hydrogens (tertiary/aromatic N) is 2. The smallest absolute Gasteiger partial charge is 0.267 e. The molecule has 0 spiro atoms. The SMILES string of the molecule is Cc1c(C(=O)Nc2nc(CN3CCC(C)CC3)cs2)sc2ccc(F)cc12. The lowest BCUT2D eigenvalue weighted by molar-refractivity contribution is 0.103. The maximum Gasteiger partial charge on any atom is 0.267 e. The maximum absolute atomic E-state index is 13.5. The fourth-order valence-corrected chi connectivity index (χ4v) is 5.23. The molecule has 2 aromatic heterocycles. The Labute approximate surface area is 166 Å². The second-order valence-electron chi connectivity index (χ2n) is 7.25. The third-order valence-electron chi connectivity index (χ3n) is 5.14. The van der Waals surface area contributed by atoms with Gasteiger partial charge in [-0.05, 0) is 67.9 Å². The summed E-state index contributed by atoms with van der Waals surface area (Å²) < 4.78 is 14.4. The van der Waals surface area contributed by atoms with Crippen molar-refractivity contribution in [3.63, 3.8) is 0 Å². The molecule has 1 aliphatic heterocycles. The molecule has 1 amide bonds. The van der Waals surface area contributed by atoms with Crippen LogP contribution in [0.3, 0.4) is 0 Å². The number of carbonyl (C=O) groups is 1. The molecular weight excluding hydrogens is 381 g/mol. The Kier molecular flexibility index (Phi) is 5.25. The topological polar surface area (TPSA) is 45.2 Å². The van der Waals surface area contributed by atoms with Gasteiger partial charge in [0.25, 0.3) is 5.91 Å². The molecule has 142 valence electrons. The Morgan fingerprint density at radius 1 is 1.37 bits per heavy atom. The number of nitrogens with one attached hydrogen (secondary N) is 1. The second-order valence-corrected chi connectivity index (χ2v) is 9.16. The Morgan fingerprint density at radius 3 is 2.93 bits per heavy atom. The van der Waals surface area contributed by atoms with Gasteiger partial charge in [-0.2, -0.15) is 0 Å². The molecule has 1 aromatic carbocycles. The number of amides is 1. The summed E-state index contributed by atoms with van der Waals surface area (Å²) in [5.41, 5.74) is 1.81. The maximum atomic E-state index is 13.5. The lowest BCUT2D eigenvalue weighted by Gasteiger charge is -2.29. The lowest BCUT2D eigenvalue weighted by Crippen LogP contribution is -2.32. The number of hydrogen-bond donors (Lipinski definition) is 1. The molecule has 3 aromatic rings. The number of fused-ring (bicyclic) bond motifs is 1. The lowest BCUT2D eigenvalue weighted by atomic mass is 9.99. The zero-order valence-corrected chi connectivity index (χ0v) is 17.1. The van der Waals surface area contributed by atoms with Gasteiger partial charge in [-0.25, -0.2) is 9.37 Å². The van der Waals surface area contributed by atoms with E-state index in [1.165, 1.54) is 47.6 Å². The first-order valence-corrected chi connectivity index (χ1v) is 10.9. The molecule has 0 unspecified atom stereocenters. The Morgan fingerprint density at radius 2 is 2.15 bits per heavy atom. The van der Waals surface area contributed by atoms with Gasteiger partial charge >= 0.3 is 0 Å². The van der Waals surface area contributed by atoms with Gasteiger partial charge in [0.1, 0.15) is 5.82 Å². The molecule has 0 atom stereocenters. The van der Waals surface area contributed by atoms with Crippen LogP contribution < -0.4 is 5.32 Å². The molecule has 0 bridgehead atoms. The predicted molar refractivity (Wildman–Crippen MR) is 110 cm³/mol. The minimum absolute atomic E-state index is 0.179. The van der Waals surface area contributed by atoms with Crippen LogP contribution in [0.15, 0.2) is 23.6 Å². The monoisotopic (exact) mass is 403 g/mol. The summed E-state index contributed by atoms with van der Waals surface area (Å²) in [6.07, 6.45) is 2.47.